The van der Waals surface area contributed by atoms with E-state index in [-0.39, 0.29) is 18.0 Å². The third-order valence-electron chi connectivity index (χ3n) is 4.11. The van der Waals surface area contributed by atoms with E-state index in [9.17, 15) is 22.8 Å². The molecule has 0 aliphatic rings. The Bertz CT molecular complexity index is 1050. The van der Waals surface area contributed by atoms with Gasteiger partial charge in [-0.2, -0.15) is 13.2 Å². The van der Waals surface area contributed by atoms with E-state index in [1.165, 1.54) is 9.13 Å². The zero-order chi connectivity index (χ0) is 19.8. The van der Waals surface area contributed by atoms with Crippen LogP contribution < -0.4 is 15.7 Å². The fourth-order valence-corrected chi connectivity index (χ4v) is 2.67. The van der Waals surface area contributed by atoms with Gasteiger partial charge >= 0.3 is 11.9 Å². The topological polar surface area (TPSA) is 65.3 Å². The molecule has 0 saturated carbocycles. The molecule has 0 bridgehead atoms. The Balaban J connectivity index is 1.65. The summed E-state index contributed by atoms with van der Waals surface area (Å²) in [6, 6.07) is 9.10. The molecule has 3 aromatic rings. The highest BCUT2D eigenvalue weighted by molar-refractivity contribution is 5.94. The minimum absolute atomic E-state index is 0.152. The fourth-order valence-electron chi connectivity index (χ4n) is 2.67. The predicted octanol–water partition coefficient (Wildman–Crippen LogP) is 2.91. The summed E-state index contributed by atoms with van der Waals surface area (Å²) in [5, 5.41) is 2.63. The normalized spacial score (nSPS) is 11.6. The first-order chi connectivity index (χ1) is 12.7. The number of nitrogens with zero attached hydrogens (tertiary/aromatic N) is 2. The van der Waals surface area contributed by atoms with Gasteiger partial charge < -0.3 is 10.1 Å². The van der Waals surface area contributed by atoms with Crippen molar-refractivity contribution in [2.45, 2.75) is 6.18 Å². The molecule has 0 unspecified atom stereocenters. The van der Waals surface area contributed by atoms with E-state index in [1.54, 1.807) is 32.3 Å². The van der Waals surface area contributed by atoms with Crippen molar-refractivity contribution in [3.8, 4) is 5.75 Å². The zero-order valence-corrected chi connectivity index (χ0v) is 14.5. The number of aromatic nitrogens is 2. The number of carbonyl (C=O) groups is 1. The third-order valence-corrected chi connectivity index (χ3v) is 4.11. The number of hydrogen-bond acceptors (Lipinski definition) is 3. The first kappa shape index (κ1) is 18.6. The van der Waals surface area contributed by atoms with Gasteiger partial charge in [-0.05, 0) is 42.5 Å². The van der Waals surface area contributed by atoms with Crippen LogP contribution in [0.2, 0.25) is 0 Å². The van der Waals surface area contributed by atoms with Crippen molar-refractivity contribution < 1.29 is 22.7 Å². The van der Waals surface area contributed by atoms with Crippen molar-refractivity contribution in [3.05, 3.63) is 58.5 Å². The summed E-state index contributed by atoms with van der Waals surface area (Å²) in [4.78, 5) is 23.9. The number of alkyl halides is 3. The molecule has 0 saturated heterocycles. The maximum absolute atomic E-state index is 12.5. The number of ether oxygens (including phenoxy) is 1. The van der Waals surface area contributed by atoms with E-state index in [2.05, 4.69) is 5.32 Å². The first-order valence-corrected chi connectivity index (χ1v) is 7.92. The summed E-state index contributed by atoms with van der Waals surface area (Å²) in [5.74, 6) is -0.325. The van der Waals surface area contributed by atoms with E-state index >= 15 is 0 Å². The molecule has 3 rings (SSSR count). The monoisotopic (exact) mass is 379 g/mol. The summed E-state index contributed by atoms with van der Waals surface area (Å²) in [6.45, 7) is -0.364. The zero-order valence-electron chi connectivity index (χ0n) is 14.5. The molecule has 0 radical (unpaired) electrons. The number of benzene rings is 2. The minimum atomic E-state index is -4.42. The molecule has 1 aromatic heterocycles. The van der Waals surface area contributed by atoms with Crippen LogP contribution in [-0.2, 0) is 25.1 Å². The Morgan fingerprint density at radius 3 is 2.30 bits per heavy atom. The number of carbonyl (C=O) groups excluding carboxylic acids is 1. The van der Waals surface area contributed by atoms with Gasteiger partial charge in [0.05, 0.1) is 16.6 Å². The highest BCUT2D eigenvalue weighted by Gasteiger charge is 2.30. The summed E-state index contributed by atoms with van der Waals surface area (Å²) in [5.41, 5.74) is 0.885. The molecule has 0 aliphatic carbocycles. The standard InChI is InChI=1S/C18H16F3N3O3/c1-23-14-8-5-12(9-15(14)24(2)17(23)26)22-16(25)10-27-13-6-3-11(4-7-13)18(19,20)21/h3-9H,10H2,1-2H3,(H,22,25). The maximum atomic E-state index is 12.5. The van der Waals surface area contributed by atoms with Crippen LogP contribution >= 0.6 is 0 Å². The molecule has 0 spiro atoms. The Morgan fingerprint density at radius 1 is 1.04 bits per heavy atom. The number of nitrogens with one attached hydrogen (secondary N) is 1. The van der Waals surface area contributed by atoms with Crippen molar-refractivity contribution in [1.29, 1.82) is 0 Å². The lowest BCUT2D eigenvalue weighted by molar-refractivity contribution is -0.137. The number of fused-ring (bicyclic) bond motifs is 1. The van der Waals surface area contributed by atoms with E-state index in [4.69, 9.17) is 4.74 Å². The smallest absolute Gasteiger partial charge is 0.416 e. The Hall–Kier alpha value is -3.23. The van der Waals surface area contributed by atoms with Crippen LogP contribution in [0.1, 0.15) is 5.56 Å². The molecule has 1 amide bonds. The highest BCUT2D eigenvalue weighted by atomic mass is 19.4. The van der Waals surface area contributed by atoms with E-state index in [0.29, 0.717) is 11.2 Å². The second-order valence-electron chi connectivity index (χ2n) is 5.96. The number of imidazole rings is 1. The largest absolute Gasteiger partial charge is 0.484 e. The summed E-state index contributed by atoms with van der Waals surface area (Å²) in [6.07, 6.45) is -4.42. The second-order valence-corrected chi connectivity index (χ2v) is 5.96. The van der Waals surface area contributed by atoms with Crippen LogP contribution in [0.25, 0.3) is 11.0 Å². The van der Waals surface area contributed by atoms with E-state index in [1.807, 2.05) is 0 Å². The molecular formula is C18H16F3N3O3. The maximum Gasteiger partial charge on any atom is 0.416 e. The van der Waals surface area contributed by atoms with Crippen molar-refractivity contribution >= 4 is 22.6 Å². The summed E-state index contributed by atoms with van der Waals surface area (Å²) in [7, 11) is 3.28. The van der Waals surface area contributed by atoms with Crippen LogP contribution in [-0.4, -0.2) is 21.6 Å². The predicted molar refractivity (Wildman–Crippen MR) is 93.7 cm³/mol. The lowest BCUT2D eigenvalue weighted by Gasteiger charge is -2.10. The second kappa shape index (κ2) is 6.82. The number of halogens is 3. The fraction of sp³-hybridized carbons (Fsp3) is 0.222. The summed E-state index contributed by atoms with van der Waals surface area (Å²) < 4.78 is 45.7. The van der Waals surface area contributed by atoms with Gasteiger partial charge in [0, 0.05) is 19.8 Å². The van der Waals surface area contributed by atoms with Crippen molar-refractivity contribution in [2.24, 2.45) is 14.1 Å². The van der Waals surface area contributed by atoms with Gasteiger partial charge in [-0.25, -0.2) is 4.79 Å². The van der Waals surface area contributed by atoms with Gasteiger partial charge in [0.1, 0.15) is 5.75 Å². The van der Waals surface area contributed by atoms with Gasteiger partial charge in [0.2, 0.25) is 0 Å². The average molecular weight is 379 g/mol. The molecule has 6 nitrogen and oxygen atoms in total. The molecule has 27 heavy (non-hydrogen) atoms. The van der Waals surface area contributed by atoms with E-state index in [0.717, 1.165) is 29.8 Å². The SMILES string of the molecule is Cn1c(=O)n(C)c2cc(NC(=O)COc3ccc(C(F)(F)F)cc3)ccc21. The molecule has 0 fully saturated rings. The molecule has 2 aromatic carbocycles. The van der Waals surface area contributed by atoms with Gasteiger partial charge in [-0.3, -0.25) is 13.9 Å². The summed E-state index contributed by atoms with van der Waals surface area (Å²) >= 11 is 0. The molecule has 0 atom stereocenters. The quantitative estimate of drug-likeness (QED) is 0.758. The van der Waals surface area contributed by atoms with Crippen LogP contribution in [0.4, 0.5) is 18.9 Å². The molecule has 1 N–H and O–H groups in total. The van der Waals surface area contributed by atoms with Gasteiger partial charge in [-0.1, -0.05) is 0 Å². The van der Waals surface area contributed by atoms with Crippen LogP contribution in [0, 0.1) is 0 Å². The van der Waals surface area contributed by atoms with Crippen LogP contribution in [0.5, 0.6) is 5.75 Å². The number of aryl methyl sites for hydroxylation is 2. The average Bonchev–Trinajstić information content (AvgIpc) is 2.84. The molecule has 9 heteroatoms. The van der Waals surface area contributed by atoms with Gasteiger partial charge in [0.25, 0.3) is 5.91 Å². The van der Waals surface area contributed by atoms with Gasteiger partial charge in [0.15, 0.2) is 6.61 Å². The third kappa shape index (κ3) is 3.81. The number of rotatable bonds is 4. The Labute approximate surface area is 151 Å². The minimum Gasteiger partial charge on any atom is -0.484 e. The van der Waals surface area contributed by atoms with Crippen molar-refractivity contribution in [2.75, 3.05) is 11.9 Å². The van der Waals surface area contributed by atoms with Crippen molar-refractivity contribution in [3.63, 3.8) is 0 Å². The number of amides is 1. The van der Waals surface area contributed by atoms with Crippen molar-refractivity contribution in [1.82, 2.24) is 9.13 Å². The van der Waals surface area contributed by atoms with Gasteiger partial charge in [-0.15, -0.1) is 0 Å². The molecule has 0 aliphatic heterocycles. The highest BCUT2D eigenvalue weighted by Crippen LogP contribution is 2.30. The Morgan fingerprint density at radius 2 is 1.67 bits per heavy atom. The molecular weight excluding hydrogens is 363 g/mol. The number of anilines is 1. The van der Waals surface area contributed by atoms with E-state index < -0.39 is 17.6 Å². The lowest BCUT2D eigenvalue weighted by atomic mass is 10.2. The molecule has 142 valence electrons. The lowest BCUT2D eigenvalue weighted by Crippen LogP contribution is -2.20. The first-order valence-electron chi connectivity index (χ1n) is 7.92. The molecule has 1 heterocycles. The van der Waals surface area contributed by atoms with Crippen LogP contribution in [0.3, 0.4) is 0 Å². The Kier molecular flexibility index (Phi) is 4.69. The van der Waals surface area contributed by atoms with Crippen LogP contribution in [0.15, 0.2) is 47.3 Å². The number of hydrogen-bond donors (Lipinski definition) is 1.